The Hall–Kier alpha value is -4.52. The van der Waals surface area contributed by atoms with Crippen molar-refractivity contribution in [3.8, 4) is 0 Å². The third-order valence-electron chi connectivity index (χ3n) is 2.87. The van der Waals surface area contributed by atoms with Gasteiger partial charge in [0, 0.05) is 61.8 Å². The predicted octanol–water partition coefficient (Wildman–Crippen LogP) is 18.2. The molecule has 1 aromatic carbocycles. The molecule has 62 heavy (non-hydrogen) atoms. The van der Waals surface area contributed by atoms with E-state index < -0.39 is 0 Å². The summed E-state index contributed by atoms with van der Waals surface area (Å²) in [5, 5.41) is 0. The molecule has 7 nitrogen and oxygen atoms in total. The number of nitrogens with zero attached hydrogens (tertiary/aromatic N) is 5. The van der Waals surface area contributed by atoms with Gasteiger partial charge in [0.25, 0.3) is 0 Å². The van der Waals surface area contributed by atoms with Crippen molar-refractivity contribution in [2.24, 2.45) is 29.6 Å². The quantitative estimate of drug-likeness (QED) is 0.166. The molecule has 4 aromatic heterocycles. The highest BCUT2D eigenvalue weighted by Gasteiger charge is 1.71. The average Bonchev–Trinajstić information content (AvgIpc) is 3.27. The van der Waals surface area contributed by atoms with Crippen LogP contribution in [0.15, 0.2) is 146 Å². The van der Waals surface area contributed by atoms with Gasteiger partial charge in [-0.1, -0.05) is 229 Å². The van der Waals surface area contributed by atoms with E-state index in [9.17, 15) is 4.79 Å². The van der Waals surface area contributed by atoms with Gasteiger partial charge in [-0.3, -0.25) is 19.7 Å². The average molecular weight is 870 g/mol. The number of benzene rings is 1. The van der Waals surface area contributed by atoms with Gasteiger partial charge in [-0.15, -0.1) is 0 Å². The summed E-state index contributed by atoms with van der Waals surface area (Å²) in [5.74, 6) is 4.17. The molecule has 0 fully saturated rings. The van der Waals surface area contributed by atoms with Gasteiger partial charge in [-0.25, -0.2) is 9.97 Å². The van der Waals surface area contributed by atoms with Gasteiger partial charge < -0.3 is 4.98 Å². The van der Waals surface area contributed by atoms with E-state index >= 15 is 0 Å². The van der Waals surface area contributed by atoms with Crippen LogP contribution in [-0.2, 0) is 0 Å². The van der Waals surface area contributed by atoms with E-state index in [4.69, 9.17) is 0 Å². The Morgan fingerprint density at radius 1 is 0.323 bits per heavy atom. The van der Waals surface area contributed by atoms with Crippen LogP contribution in [0.25, 0.3) is 0 Å². The van der Waals surface area contributed by atoms with Crippen LogP contribution in [0.1, 0.15) is 181 Å². The lowest BCUT2D eigenvalue weighted by Crippen LogP contribution is -1.98. The van der Waals surface area contributed by atoms with Gasteiger partial charge in [0.15, 0.2) is 0 Å². The van der Waals surface area contributed by atoms with E-state index in [1.54, 1.807) is 74.0 Å². The van der Waals surface area contributed by atoms with Crippen LogP contribution in [0, 0.1) is 29.6 Å². The van der Waals surface area contributed by atoms with Crippen LogP contribution in [-0.4, -0.2) is 29.9 Å². The number of H-pyrrole nitrogens is 1. The van der Waals surface area contributed by atoms with E-state index in [1.165, 1.54) is 12.4 Å². The first-order valence-electron chi connectivity index (χ1n) is 22.9. The van der Waals surface area contributed by atoms with Crippen molar-refractivity contribution in [3.63, 3.8) is 0 Å². The van der Waals surface area contributed by atoms with E-state index in [0.717, 1.165) is 29.6 Å². The fraction of sp³-hybridized carbons (Fsp3) is 0.564. The van der Waals surface area contributed by atoms with Crippen LogP contribution in [0.4, 0.5) is 0 Å². The monoisotopic (exact) mass is 869 g/mol. The van der Waals surface area contributed by atoms with E-state index in [0.29, 0.717) is 0 Å². The maximum atomic E-state index is 10.2. The molecule has 0 atom stereocenters. The molecule has 0 bridgehead atoms. The summed E-state index contributed by atoms with van der Waals surface area (Å²) in [7, 11) is 0. The van der Waals surface area contributed by atoms with Crippen LogP contribution in [0.2, 0.25) is 0 Å². The van der Waals surface area contributed by atoms with Crippen molar-refractivity contribution in [2.75, 3.05) is 0 Å². The first-order chi connectivity index (χ1) is 29.1. The summed E-state index contributed by atoms with van der Waals surface area (Å²) in [6.45, 7) is 52.5. The number of nitrogens with one attached hydrogen (secondary N) is 1. The number of rotatable bonds is 0. The minimum Gasteiger partial charge on any atom is -0.329 e. The Kier molecular flexibility index (Phi) is 132. The van der Waals surface area contributed by atoms with E-state index in [-0.39, 0.29) is 13.0 Å². The minimum atomic E-state index is -0.0532. The van der Waals surface area contributed by atoms with Crippen molar-refractivity contribution in [2.45, 2.75) is 181 Å². The van der Waals surface area contributed by atoms with Crippen LogP contribution in [0.3, 0.4) is 0 Å². The molecule has 0 aliphatic carbocycles. The molecule has 0 spiro atoms. The van der Waals surface area contributed by atoms with Gasteiger partial charge in [-0.2, -0.15) is 0 Å². The van der Waals surface area contributed by atoms with Crippen molar-refractivity contribution < 1.29 is 0 Å². The number of aromatic amines is 1. The standard InChI is InChI=1S/C6H6.C5H5NO.C5H5N.2C4H4N2.5C4H10.5C2H6.CH4/c1-2-4-6-5-3-1;7-5-3-1-2-4-6-5;1-2-4-6-5-3-1;1-2-6-4-3-5-1;1-2-5-4-6-3-1;5*1-4(2)3;5*1-2;/h1-6H;1-4H,(H,6,7);1-5H;2*1-4H;5*4H,1-3H3;5*1-2H3;1H4. The Balaban J connectivity index is -0.0000000509. The van der Waals surface area contributed by atoms with Crippen molar-refractivity contribution in [1.29, 1.82) is 0 Å². The molecular weight excluding hydrogens is 761 g/mol. The molecule has 0 amide bonds. The largest absolute Gasteiger partial charge is 0.329 e. The molecular formula is C55H108N6O. The molecule has 0 saturated heterocycles. The number of aromatic nitrogens is 6. The zero-order chi connectivity index (χ0) is 50.0. The maximum absolute atomic E-state index is 10.2. The highest BCUT2D eigenvalue weighted by atomic mass is 16.1. The van der Waals surface area contributed by atoms with Gasteiger partial charge in [-0.05, 0) is 53.9 Å². The summed E-state index contributed by atoms with van der Waals surface area (Å²) in [6.07, 6.45) is 16.5. The van der Waals surface area contributed by atoms with E-state index in [1.807, 2.05) is 124 Å². The fourth-order valence-electron chi connectivity index (χ4n) is 1.58. The highest BCUT2D eigenvalue weighted by Crippen LogP contribution is 1.83. The molecule has 5 aromatic rings. The van der Waals surface area contributed by atoms with Crippen LogP contribution >= 0.6 is 0 Å². The smallest absolute Gasteiger partial charge is 0.247 e. The Morgan fingerprint density at radius 3 is 0.645 bits per heavy atom. The third kappa shape index (κ3) is 218. The summed E-state index contributed by atoms with van der Waals surface area (Å²) >= 11 is 0. The van der Waals surface area contributed by atoms with Gasteiger partial charge >= 0.3 is 0 Å². The van der Waals surface area contributed by atoms with Gasteiger partial charge in [0.05, 0.1) is 0 Å². The molecule has 0 radical (unpaired) electrons. The predicted molar refractivity (Wildman–Crippen MR) is 288 cm³/mol. The molecule has 5 rings (SSSR count). The maximum Gasteiger partial charge on any atom is 0.247 e. The first kappa shape index (κ1) is 84.9. The summed E-state index contributed by atoms with van der Waals surface area (Å²) in [5.41, 5.74) is -0.0532. The second-order valence-corrected chi connectivity index (χ2v) is 13.9. The molecule has 0 aliphatic rings. The normalized spacial score (nSPS) is 7.45. The zero-order valence-electron chi connectivity index (χ0n) is 44.8. The number of hydrogen-bond donors (Lipinski definition) is 1. The summed E-state index contributed by atoms with van der Waals surface area (Å²) in [6, 6.07) is 24.4. The second-order valence-electron chi connectivity index (χ2n) is 13.9. The first-order valence-corrected chi connectivity index (χ1v) is 22.9. The van der Waals surface area contributed by atoms with Gasteiger partial charge in [0.1, 0.15) is 6.33 Å². The van der Waals surface area contributed by atoms with Gasteiger partial charge in [0.2, 0.25) is 5.56 Å². The third-order valence-corrected chi connectivity index (χ3v) is 2.87. The molecule has 364 valence electrons. The second kappa shape index (κ2) is 96.3. The van der Waals surface area contributed by atoms with Crippen molar-refractivity contribution in [1.82, 2.24) is 29.9 Å². The fourth-order valence-corrected chi connectivity index (χ4v) is 1.58. The molecule has 0 aliphatic heterocycles. The topological polar surface area (TPSA) is 97.3 Å². The Labute approximate surface area is 390 Å². The highest BCUT2D eigenvalue weighted by molar-refractivity contribution is 4.99. The minimum absolute atomic E-state index is 0. The molecule has 7 heteroatoms. The van der Waals surface area contributed by atoms with Crippen LogP contribution < -0.4 is 5.56 Å². The van der Waals surface area contributed by atoms with E-state index in [2.05, 4.69) is 134 Å². The van der Waals surface area contributed by atoms with Crippen LogP contribution in [0.5, 0.6) is 0 Å². The summed E-state index contributed by atoms with van der Waals surface area (Å²) < 4.78 is 0. The lowest BCUT2D eigenvalue weighted by Gasteiger charge is -1.79. The Bertz CT molecular complexity index is 939. The van der Waals surface area contributed by atoms with Crippen molar-refractivity contribution >= 4 is 0 Å². The SMILES string of the molecule is C.CC.CC.CC.CC.CC.CC(C)C.CC(C)C.CC(C)C.CC(C)C.CC(C)C.O=c1cccc[nH]1.c1ccccc1.c1ccncc1.c1cnccn1.c1cncnc1. The Morgan fingerprint density at radius 2 is 0.548 bits per heavy atom. The number of hydrogen-bond acceptors (Lipinski definition) is 6. The zero-order valence-corrected chi connectivity index (χ0v) is 44.8. The molecule has 1 N–H and O–H groups in total. The molecule has 4 heterocycles. The summed E-state index contributed by atoms with van der Waals surface area (Å²) in [4.78, 5) is 31.3. The lowest BCUT2D eigenvalue weighted by molar-refractivity contribution is 0.736. The molecule has 0 saturated carbocycles. The lowest BCUT2D eigenvalue weighted by atomic mass is 10.3. The molecule has 0 unspecified atom stereocenters. The number of pyridine rings is 2. The van der Waals surface area contributed by atoms with Crippen molar-refractivity contribution in [3.05, 3.63) is 151 Å².